The molecule has 1 saturated carbocycles. The zero-order valence-corrected chi connectivity index (χ0v) is 11.9. The molecule has 0 radical (unpaired) electrons. The van der Waals surface area contributed by atoms with Crippen molar-refractivity contribution in [2.45, 2.75) is 64.3 Å². The van der Waals surface area contributed by atoms with Crippen molar-refractivity contribution in [2.24, 2.45) is 5.92 Å². The first-order chi connectivity index (χ1) is 8.85. The Morgan fingerprint density at radius 3 is 2.78 bits per heavy atom. The van der Waals surface area contributed by atoms with Gasteiger partial charge in [0.15, 0.2) is 0 Å². The maximum Gasteiger partial charge on any atom is 0.108 e. The molecule has 1 heterocycles. The number of hydrogen-bond donors (Lipinski definition) is 1. The largest absolute Gasteiger partial charge is 0.469 e. The molecule has 0 aliphatic heterocycles. The molecule has 0 spiro atoms. The third-order valence-corrected chi connectivity index (χ3v) is 4.41. The molecule has 1 aliphatic carbocycles. The Bertz CT molecular complexity index is 339. The summed E-state index contributed by atoms with van der Waals surface area (Å²) in [5.41, 5.74) is 1.37. The highest BCUT2D eigenvalue weighted by atomic mass is 16.3. The van der Waals surface area contributed by atoms with Gasteiger partial charge in [-0.1, -0.05) is 39.0 Å². The predicted molar refractivity (Wildman–Crippen MR) is 75.7 cm³/mol. The van der Waals surface area contributed by atoms with Crippen LogP contribution in [-0.4, -0.2) is 7.05 Å². The molecule has 102 valence electrons. The van der Waals surface area contributed by atoms with Gasteiger partial charge in [0.25, 0.3) is 0 Å². The monoisotopic (exact) mass is 249 g/mol. The second-order valence-electron chi connectivity index (χ2n) is 5.58. The molecule has 2 rings (SSSR count). The summed E-state index contributed by atoms with van der Waals surface area (Å²) in [4.78, 5) is 0. The summed E-state index contributed by atoms with van der Waals surface area (Å²) < 4.78 is 5.55. The van der Waals surface area contributed by atoms with Crippen molar-refractivity contribution in [2.75, 3.05) is 7.05 Å². The van der Waals surface area contributed by atoms with Gasteiger partial charge in [-0.05, 0) is 31.9 Å². The highest BCUT2D eigenvalue weighted by Crippen LogP contribution is 2.31. The zero-order valence-electron chi connectivity index (χ0n) is 11.9. The first-order valence-electron chi connectivity index (χ1n) is 7.58. The van der Waals surface area contributed by atoms with Crippen LogP contribution < -0.4 is 5.32 Å². The third kappa shape index (κ3) is 3.38. The van der Waals surface area contributed by atoms with Crippen LogP contribution in [0, 0.1) is 5.92 Å². The lowest BCUT2D eigenvalue weighted by Crippen LogP contribution is -2.19. The molecule has 1 N–H and O–H groups in total. The Labute approximate surface area is 111 Å². The Balaban J connectivity index is 1.88. The molecule has 1 aromatic heterocycles. The fourth-order valence-electron chi connectivity index (χ4n) is 3.28. The van der Waals surface area contributed by atoms with Crippen molar-refractivity contribution >= 4 is 0 Å². The average molecular weight is 249 g/mol. The lowest BCUT2D eigenvalue weighted by molar-refractivity contribution is 0.316. The van der Waals surface area contributed by atoms with Gasteiger partial charge in [0.1, 0.15) is 5.76 Å². The van der Waals surface area contributed by atoms with Crippen molar-refractivity contribution in [3.63, 3.8) is 0 Å². The van der Waals surface area contributed by atoms with Crippen LogP contribution in [0.1, 0.15) is 69.2 Å². The number of nitrogens with one attached hydrogen (secondary N) is 1. The van der Waals surface area contributed by atoms with E-state index in [0.717, 1.165) is 18.1 Å². The minimum Gasteiger partial charge on any atom is -0.469 e. The smallest absolute Gasteiger partial charge is 0.108 e. The van der Waals surface area contributed by atoms with Gasteiger partial charge in [-0.15, -0.1) is 0 Å². The Morgan fingerprint density at radius 2 is 2.11 bits per heavy atom. The normalized spacial score (nSPS) is 19.0. The van der Waals surface area contributed by atoms with Crippen molar-refractivity contribution in [1.82, 2.24) is 5.32 Å². The summed E-state index contributed by atoms with van der Waals surface area (Å²) in [5.74, 6) is 2.12. The first kappa shape index (κ1) is 13.7. The van der Waals surface area contributed by atoms with E-state index in [4.69, 9.17) is 4.42 Å². The van der Waals surface area contributed by atoms with Gasteiger partial charge >= 0.3 is 0 Å². The average Bonchev–Trinajstić information content (AvgIpc) is 2.89. The van der Waals surface area contributed by atoms with Gasteiger partial charge in [-0.25, -0.2) is 0 Å². The van der Waals surface area contributed by atoms with E-state index < -0.39 is 0 Å². The summed E-state index contributed by atoms with van der Waals surface area (Å²) in [6.07, 6.45) is 12.7. The van der Waals surface area contributed by atoms with E-state index in [0.29, 0.717) is 6.04 Å². The second kappa shape index (κ2) is 6.98. The van der Waals surface area contributed by atoms with Crippen LogP contribution in [0.15, 0.2) is 16.7 Å². The lowest BCUT2D eigenvalue weighted by atomic mass is 9.84. The molecule has 0 aromatic carbocycles. The molecule has 0 bridgehead atoms. The molecule has 1 aromatic rings. The van der Waals surface area contributed by atoms with Gasteiger partial charge < -0.3 is 9.73 Å². The van der Waals surface area contributed by atoms with Gasteiger partial charge in [0, 0.05) is 18.0 Å². The minimum atomic E-state index is 0.473. The molecule has 0 saturated heterocycles. The fraction of sp³-hybridized carbons (Fsp3) is 0.750. The molecule has 2 heteroatoms. The van der Waals surface area contributed by atoms with E-state index in [1.54, 1.807) is 0 Å². The molecule has 1 fully saturated rings. The van der Waals surface area contributed by atoms with Crippen LogP contribution in [-0.2, 0) is 6.42 Å². The third-order valence-electron chi connectivity index (χ3n) is 4.41. The second-order valence-corrected chi connectivity index (χ2v) is 5.58. The Hall–Kier alpha value is -0.760. The topological polar surface area (TPSA) is 25.2 Å². The highest BCUT2D eigenvalue weighted by Gasteiger charge is 2.19. The highest BCUT2D eigenvalue weighted by molar-refractivity contribution is 5.21. The van der Waals surface area contributed by atoms with E-state index >= 15 is 0 Å². The van der Waals surface area contributed by atoms with Crippen LogP contribution in [0.25, 0.3) is 0 Å². The quantitative estimate of drug-likeness (QED) is 0.805. The maximum absolute atomic E-state index is 5.55. The number of aryl methyl sites for hydroxylation is 1. The maximum atomic E-state index is 5.55. The van der Waals surface area contributed by atoms with E-state index in [9.17, 15) is 0 Å². The van der Waals surface area contributed by atoms with Crippen LogP contribution in [0.4, 0.5) is 0 Å². The predicted octanol–water partition coefficient (Wildman–Crippen LogP) is 4.46. The molecule has 0 amide bonds. The number of furan rings is 1. The SMILES string of the molecule is CCc1occc1C(CCC1CCCCC1)NC. The molecule has 1 unspecified atom stereocenters. The minimum absolute atomic E-state index is 0.473. The number of rotatable bonds is 6. The standard InChI is InChI=1S/C16H27NO/c1-3-16-14(11-12-18-16)15(17-2)10-9-13-7-5-4-6-8-13/h11-13,15,17H,3-10H2,1-2H3. The summed E-state index contributed by atoms with van der Waals surface area (Å²) in [5, 5.41) is 3.46. The van der Waals surface area contributed by atoms with Crippen LogP contribution >= 0.6 is 0 Å². The molecule has 1 aliphatic rings. The van der Waals surface area contributed by atoms with Gasteiger partial charge in [0.2, 0.25) is 0 Å². The molecular weight excluding hydrogens is 222 g/mol. The van der Waals surface area contributed by atoms with E-state index in [2.05, 4.69) is 25.4 Å². The van der Waals surface area contributed by atoms with Gasteiger partial charge in [0.05, 0.1) is 6.26 Å². The Kier molecular flexibility index (Phi) is 5.30. The Morgan fingerprint density at radius 1 is 1.33 bits per heavy atom. The van der Waals surface area contributed by atoms with Gasteiger partial charge in [-0.3, -0.25) is 0 Å². The van der Waals surface area contributed by atoms with Gasteiger partial charge in [-0.2, -0.15) is 0 Å². The van der Waals surface area contributed by atoms with Crippen LogP contribution in [0.5, 0.6) is 0 Å². The van der Waals surface area contributed by atoms with Crippen LogP contribution in [0.3, 0.4) is 0 Å². The zero-order chi connectivity index (χ0) is 12.8. The van der Waals surface area contributed by atoms with E-state index in [1.165, 1.54) is 50.5 Å². The van der Waals surface area contributed by atoms with E-state index in [1.807, 2.05) is 6.26 Å². The molecule has 18 heavy (non-hydrogen) atoms. The fourth-order valence-corrected chi connectivity index (χ4v) is 3.28. The van der Waals surface area contributed by atoms with Crippen molar-refractivity contribution in [3.8, 4) is 0 Å². The lowest BCUT2D eigenvalue weighted by Gasteiger charge is -2.24. The van der Waals surface area contributed by atoms with Crippen molar-refractivity contribution < 1.29 is 4.42 Å². The summed E-state index contributed by atoms with van der Waals surface area (Å²) >= 11 is 0. The summed E-state index contributed by atoms with van der Waals surface area (Å²) in [6.45, 7) is 2.16. The van der Waals surface area contributed by atoms with Crippen LogP contribution in [0.2, 0.25) is 0 Å². The summed E-state index contributed by atoms with van der Waals surface area (Å²) in [7, 11) is 2.07. The van der Waals surface area contributed by atoms with Crippen molar-refractivity contribution in [3.05, 3.63) is 23.7 Å². The molecule has 1 atom stereocenters. The molecule has 2 nitrogen and oxygen atoms in total. The number of hydrogen-bond acceptors (Lipinski definition) is 2. The van der Waals surface area contributed by atoms with Crippen molar-refractivity contribution in [1.29, 1.82) is 0 Å². The first-order valence-corrected chi connectivity index (χ1v) is 7.58. The summed E-state index contributed by atoms with van der Waals surface area (Å²) in [6, 6.07) is 2.61. The molecular formula is C16H27NO. The van der Waals surface area contributed by atoms with E-state index in [-0.39, 0.29) is 0 Å².